The van der Waals surface area contributed by atoms with E-state index < -0.39 is 0 Å². The molecule has 18 heavy (non-hydrogen) atoms. The van der Waals surface area contributed by atoms with Crippen LogP contribution in [-0.4, -0.2) is 10.9 Å². The largest absolute Gasteiger partial charge is 0.307 e. The fourth-order valence-electron chi connectivity index (χ4n) is 1.38. The summed E-state index contributed by atoms with van der Waals surface area (Å²) in [6, 6.07) is 12.6. The summed E-state index contributed by atoms with van der Waals surface area (Å²) in [5.74, 6) is 0.278. The molecule has 4 heteroatoms. The van der Waals surface area contributed by atoms with Gasteiger partial charge in [0.1, 0.15) is 5.82 Å². The zero-order chi connectivity index (χ0) is 12.8. The quantitative estimate of drug-likeness (QED) is 0.858. The fraction of sp³-hybridized carbons (Fsp3) is 0. The van der Waals surface area contributed by atoms with Crippen LogP contribution < -0.4 is 5.32 Å². The molecular weight excluding hydrogens is 248 g/mol. The van der Waals surface area contributed by atoms with Crippen LogP contribution in [0.25, 0.3) is 6.08 Å². The lowest BCUT2D eigenvalue weighted by atomic mass is 10.2. The second kappa shape index (κ2) is 5.98. The molecular formula is C14H11ClN2O. The van der Waals surface area contributed by atoms with Gasteiger partial charge in [0.25, 0.3) is 0 Å². The molecule has 0 saturated carbocycles. The van der Waals surface area contributed by atoms with Crippen LogP contribution in [0, 0.1) is 0 Å². The smallest absolute Gasteiger partial charge is 0.249 e. The number of aromatic nitrogens is 1. The van der Waals surface area contributed by atoms with Gasteiger partial charge in [-0.25, -0.2) is 4.98 Å². The van der Waals surface area contributed by atoms with Gasteiger partial charge in [-0.05, 0) is 29.8 Å². The van der Waals surface area contributed by atoms with Crippen LogP contribution in [0.3, 0.4) is 0 Å². The molecule has 0 atom stereocenters. The predicted octanol–water partition coefficient (Wildman–Crippen LogP) is 3.39. The maximum Gasteiger partial charge on any atom is 0.249 e. The van der Waals surface area contributed by atoms with E-state index in [0.29, 0.717) is 10.8 Å². The average molecular weight is 259 g/mol. The third-order valence-corrected chi connectivity index (χ3v) is 2.58. The molecule has 0 radical (unpaired) electrons. The summed E-state index contributed by atoms with van der Waals surface area (Å²) in [6.45, 7) is 0. The van der Waals surface area contributed by atoms with Crippen molar-refractivity contribution in [3.8, 4) is 0 Å². The number of carbonyl (C=O) groups is 1. The van der Waals surface area contributed by atoms with Crippen LogP contribution >= 0.6 is 11.6 Å². The molecule has 1 aromatic heterocycles. The van der Waals surface area contributed by atoms with Gasteiger partial charge < -0.3 is 5.32 Å². The lowest BCUT2D eigenvalue weighted by molar-refractivity contribution is -0.111. The second-order valence-corrected chi connectivity index (χ2v) is 3.97. The highest BCUT2D eigenvalue weighted by molar-refractivity contribution is 6.32. The van der Waals surface area contributed by atoms with Crippen molar-refractivity contribution in [3.05, 3.63) is 65.3 Å². The highest BCUT2D eigenvalue weighted by Crippen LogP contribution is 2.16. The molecule has 0 unspecified atom stereocenters. The van der Waals surface area contributed by atoms with Gasteiger partial charge in [0.15, 0.2) is 0 Å². The molecule has 1 aromatic carbocycles. The van der Waals surface area contributed by atoms with Crippen molar-refractivity contribution in [1.29, 1.82) is 0 Å². The summed E-state index contributed by atoms with van der Waals surface area (Å²) >= 11 is 5.97. The molecule has 1 amide bonds. The number of halogens is 1. The lowest BCUT2D eigenvalue weighted by Crippen LogP contribution is -2.08. The molecule has 90 valence electrons. The van der Waals surface area contributed by atoms with E-state index in [9.17, 15) is 4.79 Å². The summed E-state index contributed by atoms with van der Waals surface area (Å²) in [5.41, 5.74) is 0.801. The first-order valence-corrected chi connectivity index (χ1v) is 5.78. The molecule has 2 rings (SSSR count). The van der Waals surface area contributed by atoms with Crippen LogP contribution in [-0.2, 0) is 4.79 Å². The van der Waals surface area contributed by atoms with Gasteiger partial charge in [-0.15, -0.1) is 0 Å². The Hall–Kier alpha value is -2.13. The van der Waals surface area contributed by atoms with Crippen molar-refractivity contribution in [2.24, 2.45) is 0 Å². The minimum absolute atomic E-state index is 0.242. The number of hydrogen-bond acceptors (Lipinski definition) is 2. The van der Waals surface area contributed by atoms with Crippen molar-refractivity contribution in [3.63, 3.8) is 0 Å². The van der Waals surface area contributed by atoms with E-state index in [2.05, 4.69) is 10.3 Å². The molecule has 0 saturated heterocycles. The van der Waals surface area contributed by atoms with E-state index in [4.69, 9.17) is 11.6 Å². The van der Waals surface area contributed by atoms with Gasteiger partial charge in [0.2, 0.25) is 5.91 Å². The molecule has 0 spiro atoms. The number of nitrogens with zero attached hydrogens (tertiary/aromatic N) is 1. The Morgan fingerprint density at radius 2 is 1.94 bits per heavy atom. The first-order chi connectivity index (χ1) is 8.75. The Kier molecular flexibility index (Phi) is 4.10. The van der Waals surface area contributed by atoms with E-state index in [1.807, 2.05) is 18.2 Å². The molecule has 0 bridgehead atoms. The number of hydrogen-bond donors (Lipinski definition) is 1. The zero-order valence-corrected chi connectivity index (χ0v) is 10.3. The van der Waals surface area contributed by atoms with Gasteiger partial charge in [-0.2, -0.15) is 0 Å². The van der Waals surface area contributed by atoms with E-state index in [0.717, 1.165) is 5.56 Å². The normalized spacial score (nSPS) is 10.5. The number of amides is 1. The lowest BCUT2D eigenvalue weighted by Gasteiger charge is -2.00. The standard InChI is InChI=1S/C14H11ClN2O/c15-12-6-2-1-5-11(12)8-9-14(18)17-13-7-3-4-10-16-13/h1-10H,(H,16,17,18). The summed E-state index contributed by atoms with van der Waals surface area (Å²) in [5, 5.41) is 3.26. The van der Waals surface area contributed by atoms with Gasteiger partial charge in [-0.3, -0.25) is 4.79 Å². The zero-order valence-electron chi connectivity index (χ0n) is 9.51. The Morgan fingerprint density at radius 1 is 1.17 bits per heavy atom. The topological polar surface area (TPSA) is 42.0 Å². The Balaban J connectivity index is 2.02. The molecule has 0 aliphatic carbocycles. The number of benzene rings is 1. The molecule has 3 nitrogen and oxygen atoms in total. The highest BCUT2D eigenvalue weighted by atomic mass is 35.5. The van der Waals surface area contributed by atoms with Crippen molar-refractivity contribution in [2.75, 3.05) is 5.32 Å². The molecule has 0 aliphatic heterocycles. The monoisotopic (exact) mass is 258 g/mol. The minimum Gasteiger partial charge on any atom is -0.307 e. The van der Waals surface area contributed by atoms with Gasteiger partial charge in [-0.1, -0.05) is 35.9 Å². The number of rotatable bonds is 3. The molecule has 1 heterocycles. The molecule has 1 N–H and O–H groups in total. The van der Waals surface area contributed by atoms with Gasteiger partial charge >= 0.3 is 0 Å². The van der Waals surface area contributed by atoms with E-state index in [1.165, 1.54) is 6.08 Å². The minimum atomic E-state index is -0.242. The number of nitrogens with one attached hydrogen (secondary N) is 1. The molecule has 0 aliphatic rings. The summed E-state index contributed by atoms with van der Waals surface area (Å²) in [6.07, 6.45) is 4.71. The SMILES string of the molecule is O=C(C=Cc1ccccc1Cl)Nc1ccccn1. The average Bonchev–Trinajstić information content (AvgIpc) is 2.39. The fourth-order valence-corrected chi connectivity index (χ4v) is 1.58. The first-order valence-electron chi connectivity index (χ1n) is 5.40. The maximum atomic E-state index is 11.6. The maximum absolute atomic E-state index is 11.6. The van der Waals surface area contributed by atoms with Gasteiger partial charge in [0.05, 0.1) is 0 Å². The van der Waals surface area contributed by atoms with E-state index in [1.54, 1.807) is 36.5 Å². The number of anilines is 1. The van der Waals surface area contributed by atoms with E-state index in [-0.39, 0.29) is 5.91 Å². The second-order valence-electron chi connectivity index (χ2n) is 3.56. The third-order valence-electron chi connectivity index (χ3n) is 2.24. The van der Waals surface area contributed by atoms with Crippen molar-refractivity contribution >= 4 is 29.4 Å². The van der Waals surface area contributed by atoms with Crippen molar-refractivity contribution in [2.45, 2.75) is 0 Å². The van der Waals surface area contributed by atoms with Crippen LogP contribution in [0.1, 0.15) is 5.56 Å². The van der Waals surface area contributed by atoms with Crippen molar-refractivity contribution < 1.29 is 4.79 Å². The van der Waals surface area contributed by atoms with Crippen LogP contribution in [0.15, 0.2) is 54.7 Å². The molecule has 0 fully saturated rings. The third kappa shape index (κ3) is 3.43. The van der Waals surface area contributed by atoms with Gasteiger partial charge in [0, 0.05) is 17.3 Å². The Labute approximate surface area is 110 Å². The van der Waals surface area contributed by atoms with E-state index >= 15 is 0 Å². The number of pyridine rings is 1. The summed E-state index contributed by atoms with van der Waals surface area (Å²) in [7, 11) is 0. The molecule has 2 aromatic rings. The van der Waals surface area contributed by atoms with Crippen LogP contribution in [0.5, 0.6) is 0 Å². The Bertz CT molecular complexity index is 567. The summed E-state index contributed by atoms with van der Waals surface area (Å²) < 4.78 is 0. The number of carbonyl (C=O) groups excluding carboxylic acids is 1. The van der Waals surface area contributed by atoms with Crippen LogP contribution in [0.4, 0.5) is 5.82 Å². The Morgan fingerprint density at radius 3 is 2.67 bits per heavy atom. The predicted molar refractivity (Wildman–Crippen MR) is 73.4 cm³/mol. The highest BCUT2D eigenvalue weighted by Gasteiger charge is 1.98. The summed E-state index contributed by atoms with van der Waals surface area (Å²) in [4.78, 5) is 15.6. The van der Waals surface area contributed by atoms with Crippen molar-refractivity contribution in [1.82, 2.24) is 4.98 Å². The first kappa shape index (κ1) is 12.3. The van der Waals surface area contributed by atoms with Crippen LogP contribution in [0.2, 0.25) is 5.02 Å².